The lowest BCUT2D eigenvalue weighted by atomic mass is 9.95. The van der Waals surface area contributed by atoms with Gasteiger partial charge in [0.15, 0.2) is 0 Å². The van der Waals surface area contributed by atoms with E-state index in [1.165, 1.54) is 65.3 Å². The van der Waals surface area contributed by atoms with Gasteiger partial charge in [-0.2, -0.15) is 0 Å². The van der Waals surface area contributed by atoms with E-state index in [0.717, 1.165) is 22.7 Å². The molecule has 2 heteroatoms. The van der Waals surface area contributed by atoms with Crippen molar-refractivity contribution < 1.29 is 0 Å². The predicted molar refractivity (Wildman–Crippen MR) is 213 cm³/mol. The van der Waals surface area contributed by atoms with E-state index in [1.54, 1.807) is 0 Å². The van der Waals surface area contributed by atoms with Gasteiger partial charge in [-0.1, -0.05) is 146 Å². The van der Waals surface area contributed by atoms with Crippen LogP contribution in [0.15, 0.2) is 194 Å². The fourth-order valence-corrected chi connectivity index (χ4v) is 7.86. The number of hydrogen-bond donors (Lipinski definition) is 0. The lowest BCUT2D eigenvalue weighted by molar-refractivity contribution is 1.18. The van der Waals surface area contributed by atoms with Crippen molar-refractivity contribution in [1.29, 1.82) is 0 Å². The lowest BCUT2D eigenvalue weighted by Gasteiger charge is -2.28. The van der Waals surface area contributed by atoms with Gasteiger partial charge in [-0.15, -0.1) is 0 Å². The van der Waals surface area contributed by atoms with E-state index in [1.807, 2.05) is 0 Å². The Balaban J connectivity index is 1.31. The molecule has 0 bridgehead atoms. The normalized spacial score (nSPS) is 11.6. The van der Waals surface area contributed by atoms with E-state index in [0.29, 0.717) is 0 Å². The highest BCUT2D eigenvalue weighted by molar-refractivity contribution is 6.21. The van der Waals surface area contributed by atoms with Crippen LogP contribution in [-0.2, 0) is 0 Å². The topological polar surface area (TPSA) is 8.17 Å². The summed E-state index contributed by atoms with van der Waals surface area (Å²) in [6.07, 6.45) is 0. The summed E-state index contributed by atoms with van der Waals surface area (Å²) in [6, 6.07) is 70.6. The summed E-state index contributed by atoms with van der Waals surface area (Å²) in [5.41, 5.74) is 9.27. The Bertz CT molecular complexity index is 2870. The first kappa shape index (κ1) is 28.4. The summed E-state index contributed by atoms with van der Waals surface area (Å²) < 4.78 is 2.40. The van der Waals surface area contributed by atoms with Gasteiger partial charge in [0.05, 0.1) is 16.7 Å². The molecule has 1 aromatic heterocycles. The zero-order chi connectivity index (χ0) is 33.0. The van der Waals surface area contributed by atoms with Crippen molar-refractivity contribution in [2.45, 2.75) is 0 Å². The van der Waals surface area contributed by atoms with Crippen LogP contribution in [0.3, 0.4) is 0 Å². The average molecular weight is 637 g/mol. The van der Waals surface area contributed by atoms with Crippen molar-refractivity contribution in [1.82, 2.24) is 4.57 Å². The number of aromatic nitrogens is 1. The van der Waals surface area contributed by atoms with Gasteiger partial charge in [0.1, 0.15) is 0 Å². The largest absolute Gasteiger partial charge is 0.310 e. The summed E-state index contributed by atoms with van der Waals surface area (Å²) in [4.78, 5) is 2.46. The Morgan fingerprint density at radius 2 is 0.920 bits per heavy atom. The van der Waals surface area contributed by atoms with Gasteiger partial charge in [0, 0.05) is 33.2 Å². The van der Waals surface area contributed by atoms with Crippen molar-refractivity contribution in [3.63, 3.8) is 0 Å². The molecule has 0 aliphatic heterocycles. The Labute approximate surface area is 290 Å². The Morgan fingerprint density at radius 1 is 0.320 bits per heavy atom. The predicted octanol–water partition coefficient (Wildman–Crippen LogP) is 13.4. The zero-order valence-electron chi connectivity index (χ0n) is 27.4. The minimum atomic E-state index is 1.10. The minimum Gasteiger partial charge on any atom is -0.310 e. The molecule has 0 saturated heterocycles. The number of rotatable bonds is 5. The van der Waals surface area contributed by atoms with Gasteiger partial charge < -0.3 is 9.47 Å². The molecule has 0 spiro atoms. The third-order valence-electron chi connectivity index (χ3n) is 10.1. The summed E-state index contributed by atoms with van der Waals surface area (Å²) >= 11 is 0. The van der Waals surface area contributed by atoms with Gasteiger partial charge in [-0.25, -0.2) is 0 Å². The smallest absolute Gasteiger partial charge is 0.0561 e. The highest BCUT2D eigenvalue weighted by atomic mass is 15.1. The first-order valence-corrected chi connectivity index (χ1v) is 17.2. The van der Waals surface area contributed by atoms with Crippen LogP contribution in [0.2, 0.25) is 0 Å². The Kier molecular flexibility index (Phi) is 6.53. The first-order chi connectivity index (χ1) is 24.8. The van der Waals surface area contributed by atoms with Crippen molar-refractivity contribution in [2.75, 3.05) is 4.90 Å². The third-order valence-corrected chi connectivity index (χ3v) is 10.1. The van der Waals surface area contributed by atoms with Gasteiger partial charge >= 0.3 is 0 Å². The van der Waals surface area contributed by atoms with Gasteiger partial charge in [-0.3, -0.25) is 0 Å². The quantitative estimate of drug-likeness (QED) is 0.171. The van der Waals surface area contributed by atoms with Crippen molar-refractivity contribution in [3.05, 3.63) is 194 Å². The van der Waals surface area contributed by atoms with E-state index in [4.69, 9.17) is 0 Å². The fourth-order valence-electron chi connectivity index (χ4n) is 7.86. The molecule has 10 rings (SSSR count). The monoisotopic (exact) mass is 636 g/mol. The van der Waals surface area contributed by atoms with Crippen LogP contribution < -0.4 is 4.90 Å². The Hall–Kier alpha value is -6.64. The molecular weight excluding hydrogens is 605 g/mol. The molecule has 0 atom stereocenters. The summed E-state index contributed by atoms with van der Waals surface area (Å²) in [5.74, 6) is 0. The molecule has 0 aliphatic carbocycles. The number of benzene rings is 9. The first-order valence-electron chi connectivity index (χ1n) is 17.2. The molecular formula is C48H32N2. The van der Waals surface area contributed by atoms with Crippen LogP contribution in [0.5, 0.6) is 0 Å². The molecule has 0 radical (unpaired) electrons. The Morgan fingerprint density at radius 3 is 1.76 bits per heavy atom. The number of nitrogens with zero attached hydrogens (tertiary/aromatic N) is 2. The SMILES string of the molecule is c1ccc(-c2cccc(N(c3ccc4c5ccccc5n(-c5ccccc5)c4c3)c3cc4c5ccccc5ccc4c4ccccc34)c2)cc1. The highest BCUT2D eigenvalue weighted by Crippen LogP contribution is 2.45. The molecule has 1 heterocycles. The lowest BCUT2D eigenvalue weighted by Crippen LogP contribution is -2.11. The maximum Gasteiger partial charge on any atom is 0.0561 e. The van der Waals surface area contributed by atoms with E-state index < -0.39 is 0 Å². The van der Waals surface area contributed by atoms with Crippen LogP contribution in [0.25, 0.3) is 70.9 Å². The zero-order valence-corrected chi connectivity index (χ0v) is 27.4. The average Bonchev–Trinajstić information content (AvgIpc) is 3.52. The summed E-state index contributed by atoms with van der Waals surface area (Å²) in [6.45, 7) is 0. The number of hydrogen-bond acceptors (Lipinski definition) is 1. The maximum atomic E-state index is 2.46. The van der Waals surface area contributed by atoms with E-state index in [-0.39, 0.29) is 0 Å². The van der Waals surface area contributed by atoms with Gasteiger partial charge in [-0.05, 0) is 86.6 Å². The molecule has 10 aromatic rings. The molecule has 234 valence electrons. The molecule has 0 saturated carbocycles. The van der Waals surface area contributed by atoms with Crippen LogP contribution in [0.4, 0.5) is 17.1 Å². The fraction of sp³-hybridized carbons (Fsp3) is 0. The minimum absolute atomic E-state index is 1.10. The second-order valence-electron chi connectivity index (χ2n) is 13.0. The van der Waals surface area contributed by atoms with E-state index in [9.17, 15) is 0 Å². The number of anilines is 3. The van der Waals surface area contributed by atoms with Gasteiger partial charge in [0.2, 0.25) is 0 Å². The summed E-state index contributed by atoms with van der Waals surface area (Å²) in [5, 5.41) is 9.96. The second kappa shape index (κ2) is 11.5. The molecule has 0 fully saturated rings. The molecule has 0 N–H and O–H groups in total. The van der Waals surface area contributed by atoms with Crippen LogP contribution in [0.1, 0.15) is 0 Å². The standard InChI is InChI=1S/C48H32N2/c1-3-14-33(15-4-1)35-17-13-20-37(30-35)49(48-32-45-39-21-8-7-16-34(39)26-28-41(45)40-22-9-10-23-42(40)48)38-27-29-44-43-24-11-12-25-46(43)50(47(44)31-38)36-18-5-2-6-19-36/h1-32H. The molecule has 50 heavy (non-hydrogen) atoms. The van der Waals surface area contributed by atoms with Crippen LogP contribution in [-0.4, -0.2) is 4.57 Å². The van der Waals surface area contributed by atoms with Crippen molar-refractivity contribution in [3.8, 4) is 16.8 Å². The molecule has 2 nitrogen and oxygen atoms in total. The highest BCUT2D eigenvalue weighted by Gasteiger charge is 2.21. The van der Waals surface area contributed by atoms with E-state index >= 15 is 0 Å². The van der Waals surface area contributed by atoms with Gasteiger partial charge in [0.25, 0.3) is 0 Å². The molecule has 9 aromatic carbocycles. The van der Waals surface area contributed by atoms with Crippen LogP contribution >= 0.6 is 0 Å². The van der Waals surface area contributed by atoms with Crippen molar-refractivity contribution in [2.24, 2.45) is 0 Å². The molecule has 0 unspecified atom stereocenters. The van der Waals surface area contributed by atoms with Crippen molar-refractivity contribution >= 4 is 71.2 Å². The summed E-state index contributed by atoms with van der Waals surface area (Å²) in [7, 11) is 0. The number of fused-ring (bicyclic) bond motifs is 8. The molecule has 0 amide bonds. The maximum absolute atomic E-state index is 2.46. The van der Waals surface area contributed by atoms with E-state index in [2.05, 4.69) is 204 Å². The third kappa shape index (κ3) is 4.50. The van der Waals surface area contributed by atoms with Crippen LogP contribution in [0, 0.1) is 0 Å². The molecule has 0 aliphatic rings. The second-order valence-corrected chi connectivity index (χ2v) is 13.0. The number of para-hydroxylation sites is 2.